The van der Waals surface area contributed by atoms with Crippen LogP contribution in [0.3, 0.4) is 0 Å². The van der Waals surface area contributed by atoms with Gasteiger partial charge < -0.3 is 24.8 Å². The van der Waals surface area contributed by atoms with E-state index in [1.165, 1.54) is 5.56 Å². The average Bonchev–Trinajstić information content (AvgIpc) is 3.14. The van der Waals surface area contributed by atoms with E-state index in [-0.39, 0.29) is 17.7 Å². The van der Waals surface area contributed by atoms with Gasteiger partial charge in [0.25, 0.3) is 0 Å². The SMILES string of the molecule is CCNC(=NCCOCC1CCCO1)NC1CC(C)(C)Oc2ccccc21. The lowest BCUT2D eigenvalue weighted by Crippen LogP contribution is -2.45. The molecule has 1 aromatic carbocycles. The molecule has 2 atom stereocenters. The molecule has 0 amide bonds. The third kappa shape index (κ3) is 5.84. The third-order valence-corrected chi connectivity index (χ3v) is 4.86. The molecule has 0 saturated carbocycles. The van der Waals surface area contributed by atoms with Crippen LogP contribution >= 0.6 is 0 Å². The van der Waals surface area contributed by atoms with E-state index < -0.39 is 0 Å². The molecule has 0 aliphatic carbocycles. The highest BCUT2D eigenvalue weighted by Crippen LogP contribution is 2.39. The first-order chi connectivity index (χ1) is 13.1. The molecule has 2 N–H and O–H groups in total. The first kappa shape index (κ1) is 20.0. The second-order valence-electron chi connectivity index (χ2n) is 7.77. The van der Waals surface area contributed by atoms with Gasteiger partial charge in [-0.2, -0.15) is 0 Å². The molecule has 0 aromatic heterocycles. The first-order valence-electron chi connectivity index (χ1n) is 10.1. The van der Waals surface area contributed by atoms with Gasteiger partial charge in [-0.05, 0) is 39.7 Å². The summed E-state index contributed by atoms with van der Waals surface area (Å²) in [7, 11) is 0. The molecule has 2 aliphatic heterocycles. The molecule has 6 heteroatoms. The number of para-hydroxylation sites is 1. The Morgan fingerprint density at radius 2 is 2.19 bits per heavy atom. The van der Waals surface area contributed by atoms with Crippen molar-refractivity contribution in [2.45, 2.75) is 57.8 Å². The number of hydrogen-bond acceptors (Lipinski definition) is 4. The van der Waals surface area contributed by atoms with Crippen molar-refractivity contribution in [1.82, 2.24) is 10.6 Å². The van der Waals surface area contributed by atoms with Crippen LogP contribution in [0, 0.1) is 0 Å². The molecular formula is C21H33N3O3. The Balaban J connectivity index is 1.56. The number of aliphatic imine (C=N–C) groups is 1. The Morgan fingerprint density at radius 3 is 2.96 bits per heavy atom. The van der Waals surface area contributed by atoms with Crippen molar-refractivity contribution in [3.05, 3.63) is 29.8 Å². The predicted molar refractivity (Wildman–Crippen MR) is 107 cm³/mol. The number of fused-ring (bicyclic) bond motifs is 1. The standard InChI is InChI=1S/C21H33N3O3/c1-4-22-20(23-11-13-25-15-16-8-7-12-26-16)24-18-14-21(2,3)27-19-10-6-5-9-17(18)19/h5-6,9-10,16,18H,4,7-8,11-15H2,1-3H3,(H2,22,23,24). The van der Waals surface area contributed by atoms with Gasteiger partial charge in [0.2, 0.25) is 0 Å². The topological polar surface area (TPSA) is 64.1 Å². The molecule has 2 aliphatic rings. The van der Waals surface area contributed by atoms with Crippen LogP contribution in [-0.4, -0.2) is 50.6 Å². The summed E-state index contributed by atoms with van der Waals surface area (Å²) in [5.74, 6) is 1.76. The van der Waals surface area contributed by atoms with Crippen LogP contribution in [0.25, 0.3) is 0 Å². The van der Waals surface area contributed by atoms with E-state index in [4.69, 9.17) is 14.2 Å². The highest BCUT2D eigenvalue weighted by Gasteiger charge is 2.33. The number of guanidine groups is 1. The minimum absolute atomic E-state index is 0.163. The minimum atomic E-state index is -0.215. The Bertz CT molecular complexity index is 627. The molecule has 1 saturated heterocycles. The monoisotopic (exact) mass is 375 g/mol. The zero-order chi connectivity index (χ0) is 19.1. The van der Waals surface area contributed by atoms with Gasteiger partial charge in [-0.3, -0.25) is 4.99 Å². The molecule has 0 bridgehead atoms. The Labute approximate surface area is 162 Å². The van der Waals surface area contributed by atoms with E-state index in [1.807, 2.05) is 12.1 Å². The van der Waals surface area contributed by atoms with Crippen molar-refractivity contribution in [2.75, 3.05) is 32.9 Å². The number of nitrogens with zero attached hydrogens (tertiary/aromatic N) is 1. The first-order valence-corrected chi connectivity index (χ1v) is 10.1. The number of ether oxygens (including phenoxy) is 3. The molecule has 0 spiro atoms. The van der Waals surface area contributed by atoms with E-state index in [0.717, 1.165) is 44.1 Å². The fourth-order valence-electron chi connectivity index (χ4n) is 3.63. The van der Waals surface area contributed by atoms with E-state index in [2.05, 4.69) is 48.5 Å². The van der Waals surface area contributed by atoms with Crippen LogP contribution in [0.4, 0.5) is 0 Å². The van der Waals surface area contributed by atoms with Gasteiger partial charge in [0.15, 0.2) is 5.96 Å². The molecule has 2 heterocycles. The molecule has 27 heavy (non-hydrogen) atoms. The lowest BCUT2D eigenvalue weighted by Gasteiger charge is -2.38. The molecule has 150 valence electrons. The maximum atomic E-state index is 6.12. The van der Waals surface area contributed by atoms with E-state index in [9.17, 15) is 0 Å². The summed E-state index contributed by atoms with van der Waals surface area (Å²) in [6.45, 7) is 9.90. The minimum Gasteiger partial charge on any atom is -0.487 e. The zero-order valence-corrected chi connectivity index (χ0v) is 16.8. The van der Waals surface area contributed by atoms with Crippen molar-refractivity contribution in [2.24, 2.45) is 4.99 Å². The molecule has 6 nitrogen and oxygen atoms in total. The van der Waals surface area contributed by atoms with Crippen molar-refractivity contribution >= 4 is 5.96 Å². The number of hydrogen-bond donors (Lipinski definition) is 2. The van der Waals surface area contributed by atoms with Crippen molar-refractivity contribution in [3.8, 4) is 5.75 Å². The second kappa shape index (κ2) is 9.42. The van der Waals surface area contributed by atoms with Crippen molar-refractivity contribution in [3.63, 3.8) is 0 Å². The summed E-state index contributed by atoms with van der Waals surface area (Å²) in [4.78, 5) is 4.68. The van der Waals surface area contributed by atoms with Gasteiger partial charge in [-0.15, -0.1) is 0 Å². The van der Waals surface area contributed by atoms with Crippen LogP contribution in [0.5, 0.6) is 5.75 Å². The highest BCUT2D eigenvalue weighted by molar-refractivity contribution is 5.80. The summed E-state index contributed by atoms with van der Waals surface area (Å²) in [5, 5.41) is 6.92. The summed E-state index contributed by atoms with van der Waals surface area (Å²) in [6.07, 6.45) is 3.39. The number of rotatable bonds is 7. The van der Waals surface area contributed by atoms with E-state index in [0.29, 0.717) is 19.8 Å². The van der Waals surface area contributed by atoms with Crippen LogP contribution in [0.15, 0.2) is 29.3 Å². The lowest BCUT2D eigenvalue weighted by molar-refractivity contribution is 0.0200. The van der Waals surface area contributed by atoms with Gasteiger partial charge in [0.05, 0.1) is 31.9 Å². The summed E-state index contributed by atoms with van der Waals surface area (Å²) in [5.41, 5.74) is 0.963. The maximum absolute atomic E-state index is 6.12. The summed E-state index contributed by atoms with van der Waals surface area (Å²) < 4.78 is 17.4. The fraction of sp³-hybridized carbons (Fsp3) is 0.667. The van der Waals surface area contributed by atoms with Gasteiger partial charge >= 0.3 is 0 Å². The zero-order valence-electron chi connectivity index (χ0n) is 16.8. The van der Waals surface area contributed by atoms with Crippen LogP contribution in [0.1, 0.15) is 51.6 Å². The smallest absolute Gasteiger partial charge is 0.191 e. The van der Waals surface area contributed by atoms with Crippen LogP contribution in [-0.2, 0) is 9.47 Å². The summed E-state index contributed by atoms with van der Waals surface area (Å²) in [6, 6.07) is 8.39. The number of benzene rings is 1. The highest BCUT2D eigenvalue weighted by atomic mass is 16.5. The average molecular weight is 376 g/mol. The van der Waals surface area contributed by atoms with Crippen molar-refractivity contribution in [1.29, 1.82) is 0 Å². The van der Waals surface area contributed by atoms with Gasteiger partial charge in [0, 0.05) is 25.1 Å². The van der Waals surface area contributed by atoms with Gasteiger partial charge in [-0.25, -0.2) is 0 Å². The molecular weight excluding hydrogens is 342 g/mol. The third-order valence-electron chi connectivity index (χ3n) is 4.86. The maximum Gasteiger partial charge on any atom is 0.191 e. The molecule has 2 unspecified atom stereocenters. The van der Waals surface area contributed by atoms with Crippen LogP contribution in [0.2, 0.25) is 0 Å². The number of nitrogens with one attached hydrogen (secondary N) is 2. The lowest BCUT2D eigenvalue weighted by atomic mass is 9.90. The Hall–Kier alpha value is -1.79. The van der Waals surface area contributed by atoms with E-state index >= 15 is 0 Å². The van der Waals surface area contributed by atoms with E-state index in [1.54, 1.807) is 0 Å². The Morgan fingerprint density at radius 1 is 1.33 bits per heavy atom. The van der Waals surface area contributed by atoms with Gasteiger partial charge in [-0.1, -0.05) is 18.2 Å². The normalized spacial score (nSPS) is 24.2. The van der Waals surface area contributed by atoms with Crippen molar-refractivity contribution < 1.29 is 14.2 Å². The predicted octanol–water partition coefficient (Wildman–Crippen LogP) is 3.04. The molecule has 3 rings (SSSR count). The second-order valence-corrected chi connectivity index (χ2v) is 7.77. The molecule has 1 aromatic rings. The quantitative estimate of drug-likeness (QED) is 0.436. The van der Waals surface area contributed by atoms with Gasteiger partial charge in [0.1, 0.15) is 11.4 Å². The Kier molecular flexibility index (Phi) is 6.96. The molecule has 1 fully saturated rings. The van der Waals surface area contributed by atoms with Crippen LogP contribution < -0.4 is 15.4 Å². The molecule has 0 radical (unpaired) electrons. The largest absolute Gasteiger partial charge is 0.487 e. The fourth-order valence-corrected chi connectivity index (χ4v) is 3.63. The summed E-state index contributed by atoms with van der Waals surface area (Å²) >= 11 is 0.